The summed E-state index contributed by atoms with van der Waals surface area (Å²) in [4.78, 5) is 2.52. The smallest absolute Gasteiger partial charge is 0.0510 e. The van der Waals surface area contributed by atoms with E-state index >= 15 is 0 Å². The second kappa shape index (κ2) is 5.45. The van der Waals surface area contributed by atoms with E-state index in [1.807, 2.05) is 0 Å². The van der Waals surface area contributed by atoms with Crippen molar-refractivity contribution in [2.75, 3.05) is 24.5 Å². The minimum Gasteiger partial charge on any atom is -0.371 e. The molecular weight excluding hydrogens is 300 g/mol. The third-order valence-corrected chi connectivity index (χ3v) is 5.29. The Hall–Kier alpha value is -0.540. The molecule has 3 heteroatoms. The van der Waals surface area contributed by atoms with Gasteiger partial charge in [-0.05, 0) is 79.2 Å². The number of piperidine rings is 1. The molecule has 1 unspecified atom stereocenters. The van der Waals surface area contributed by atoms with Gasteiger partial charge in [0, 0.05) is 23.1 Å². The van der Waals surface area contributed by atoms with Gasteiger partial charge in [-0.3, -0.25) is 0 Å². The van der Waals surface area contributed by atoms with Crippen LogP contribution in [0, 0.1) is 0 Å². The van der Waals surface area contributed by atoms with Crippen molar-refractivity contribution < 1.29 is 0 Å². The molecule has 2 aliphatic rings. The van der Waals surface area contributed by atoms with Crippen molar-refractivity contribution in [3.8, 4) is 0 Å². The molecule has 104 valence electrons. The van der Waals surface area contributed by atoms with Gasteiger partial charge >= 0.3 is 0 Å². The van der Waals surface area contributed by atoms with Crippen LogP contribution in [0.25, 0.3) is 0 Å². The van der Waals surface area contributed by atoms with Crippen molar-refractivity contribution in [1.29, 1.82) is 0 Å². The molecule has 1 atom stereocenters. The molecular formula is C16H23BrN2. The fraction of sp³-hybridized carbons (Fsp3) is 0.625. The average Bonchev–Trinajstić information content (AvgIpc) is 2.88. The Labute approximate surface area is 124 Å². The van der Waals surface area contributed by atoms with Gasteiger partial charge in [-0.2, -0.15) is 0 Å². The number of nitrogens with zero attached hydrogens (tertiary/aromatic N) is 1. The number of anilines is 1. The summed E-state index contributed by atoms with van der Waals surface area (Å²) in [5.41, 5.74) is 2.95. The first-order chi connectivity index (χ1) is 9.19. The molecule has 0 aromatic heterocycles. The molecule has 1 aromatic carbocycles. The molecule has 2 fully saturated rings. The molecule has 0 saturated carbocycles. The lowest BCUT2D eigenvalue weighted by Gasteiger charge is -2.31. The Morgan fingerprint density at radius 2 is 1.95 bits per heavy atom. The van der Waals surface area contributed by atoms with Crippen LogP contribution in [0.5, 0.6) is 0 Å². The van der Waals surface area contributed by atoms with Gasteiger partial charge in [0.1, 0.15) is 0 Å². The Balaban J connectivity index is 1.85. The summed E-state index contributed by atoms with van der Waals surface area (Å²) >= 11 is 3.78. The molecule has 2 aliphatic heterocycles. The first kappa shape index (κ1) is 13.4. The summed E-state index contributed by atoms with van der Waals surface area (Å²) in [5.74, 6) is 0. The fourth-order valence-electron chi connectivity index (χ4n) is 3.38. The second-order valence-corrected chi connectivity index (χ2v) is 6.93. The molecule has 1 N–H and O–H groups in total. The highest BCUT2D eigenvalue weighted by molar-refractivity contribution is 9.10. The molecule has 0 aliphatic carbocycles. The maximum atomic E-state index is 3.78. The molecule has 2 nitrogen and oxygen atoms in total. The van der Waals surface area contributed by atoms with E-state index in [0.29, 0.717) is 0 Å². The molecule has 2 saturated heterocycles. The molecule has 0 amide bonds. The van der Waals surface area contributed by atoms with E-state index in [-0.39, 0.29) is 5.54 Å². The molecule has 0 spiro atoms. The minimum absolute atomic E-state index is 0.170. The van der Waals surface area contributed by atoms with E-state index < -0.39 is 0 Å². The zero-order chi connectivity index (χ0) is 13.3. The summed E-state index contributed by atoms with van der Waals surface area (Å²) in [6, 6.07) is 6.94. The maximum Gasteiger partial charge on any atom is 0.0510 e. The van der Waals surface area contributed by atoms with Crippen LogP contribution in [0.15, 0.2) is 22.7 Å². The van der Waals surface area contributed by atoms with E-state index in [2.05, 4.69) is 51.3 Å². The van der Waals surface area contributed by atoms with Crippen molar-refractivity contribution in [3.63, 3.8) is 0 Å². The van der Waals surface area contributed by atoms with Crippen LogP contribution in [0.3, 0.4) is 0 Å². The highest BCUT2D eigenvalue weighted by Gasteiger charge is 2.30. The highest BCUT2D eigenvalue weighted by Crippen LogP contribution is 2.36. The first-order valence-electron chi connectivity index (χ1n) is 7.49. The number of hydrogen-bond donors (Lipinski definition) is 1. The lowest BCUT2D eigenvalue weighted by molar-refractivity contribution is 0.434. The number of nitrogens with one attached hydrogen (secondary N) is 1. The van der Waals surface area contributed by atoms with Crippen LogP contribution < -0.4 is 10.2 Å². The standard InChI is InChI=1S/C16H23BrN2/c1-16(8-5-9-18-16)13-6-7-15(14(17)12-13)19-10-3-2-4-11-19/h6-7,12,18H,2-5,8-11H2,1H3. The zero-order valence-electron chi connectivity index (χ0n) is 11.7. The van der Waals surface area contributed by atoms with Crippen LogP contribution in [0.4, 0.5) is 5.69 Å². The largest absolute Gasteiger partial charge is 0.371 e. The first-order valence-corrected chi connectivity index (χ1v) is 8.28. The third kappa shape index (κ3) is 2.68. The third-order valence-electron chi connectivity index (χ3n) is 4.65. The van der Waals surface area contributed by atoms with Gasteiger partial charge in [0.05, 0.1) is 5.69 Å². The Kier molecular flexibility index (Phi) is 3.86. The van der Waals surface area contributed by atoms with E-state index in [0.717, 1.165) is 6.54 Å². The average molecular weight is 323 g/mol. The summed E-state index contributed by atoms with van der Waals surface area (Å²) in [6.45, 7) is 5.87. The zero-order valence-corrected chi connectivity index (χ0v) is 13.3. The topological polar surface area (TPSA) is 15.3 Å². The van der Waals surface area contributed by atoms with Gasteiger partial charge in [-0.15, -0.1) is 0 Å². The minimum atomic E-state index is 0.170. The van der Waals surface area contributed by atoms with Crippen molar-refractivity contribution in [3.05, 3.63) is 28.2 Å². The Bertz CT molecular complexity index is 446. The van der Waals surface area contributed by atoms with Gasteiger partial charge in [0.25, 0.3) is 0 Å². The fourth-order valence-corrected chi connectivity index (χ4v) is 4.01. The van der Waals surface area contributed by atoms with Gasteiger partial charge in [0.2, 0.25) is 0 Å². The molecule has 1 aromatic rings. The molecule has 19 heavy (non-hydrogen) atoms. The van der Waals surface area contributed by atoms with Crippen molar-refractivity contribution in [2.45, 2.75) is 44.6 Å². The van der Waals surface area contributed by atoms with Gasteiger partial charge in [-0.1, -0.05) is 6.07 Å². The Morgan fingerprint density at radius 3 is 2.58 bits per heavy atom. The molecule has 2 heterocycles. The van der Waals surface area contributed by atoms with Gasteiger partial charge in [-0.25, -0.2) is 0 Å². The van der Waals surface area contributed by atoms with E-state index in [9.17, 15) is 0 Å². The quantitative estimate of drug-likeness (QED) is 0.884. The predicted molar refractivity (Wildman–Crippen MR) is 84.8 cm³/mol. The highest BCUT2D eigenvalue weighted by atomic mass is 79.9. The van der Waals surface area contributed by atoms with E-state index in [1.165, 1.54) is 60.9 Å². The normalized spacial score (nSPS) is 27.8. The Morgan fingerprint density at radius 1 is 1.16 bits per heavy atom. The molecule has 3 rings (SSSR count). The van der Waals surface area contributed by atoms with Crippen LogP contribution in [-0.4, -0.2) is 19.6 Å². The number of halogens is 1. The molecule has 0 radical (unpaired) electrons. The molecule has 0 bridgehead atoms. The lowest BCUT2D eigenvalue weighted by atomic mass is 9.90. The summed E-state index contributed by atoms with van der Waals surface area (Å²) in [6.07, 6.45) is 6.56. The second-order valence-electron chi connectivity index (χ2n) is 6.08. The van der Waals surface area contributed by atoms with Crippen LogP contribution in [0.2, 0.25) is 0 Å². The van der Waals surface area contributed by atoms with Gasteiger partial charge in [0.15, 0.2) is 0 Å². The van der Waals surface area contributed by atoms with Crippen molar-refractivity contribution in [1.82, 2.24) is 5.32 Å². The van der Waals surface area contributed by atoms with Crippen molar-refractivity contribution in [2.24, 2.45) is 0 Å². The van der Waals surface area contributed by atoms with Gasteiger partial charge < -0.3 is 10.2 Å². The van der Waals surface area contributed by atoms with Crippen LogP contribution in [0.1, 0.15) is 44.6 Å². The lowest BCUT2D eigenvalue weighted by Crippen LogP contribution is -2.33. The SMILES string of the molecule is CC1(c2ccc(N3CCCCC3)c(Br)c2)CCCN1. The summed E-state index contributed by atoms with van der Waals surface area (Å²) < 4.78 is 1.25. The summed E-state index contributed by atoms with van der Waals surface area (Å²) in [7, 11) is 0. The summed E-state index contributed by atoms with van der Waals surface area (Å²) in [5, 5.41) is 3.64. The van der Waals surface area contributed by atoms with Crippen LogP contribution >= 0.6 is 15.9 Å². The number of hydrogen-bond acceptors (Lipinski definition) is 2. The van der Waals surface area contributed by atoms with E-state index in [4.69, 9.17) is 0 Å². The predicted octanol–water partition coefficient (Wildman–Crippen LogP) is 4.04. The van der Waals surface area contributed by atoms with Crippen LogP contribution in [-0.2, 0) is 5.54 Å². The number of rotatable bonds is 2. The maximum absolute atomic E-state index is 3.78. The number of benzene rings is 1. The monoisotopic (exact) mass is 322 g/mol. The van der Waals surface area contributed by atoms with Crippen molar-refractivity contribution >= 4 is 21.6 Å². The van der Waals surface area contributed by atoms with E-state index in [1.54, 1.807) is 0 Å².